The molecule has 0 aliphatic carbocycles. The van der Waals surface area contributed by atoms with Crippen LogP contribution in [0.3, 0.4) is 0 Å². The molecule has 0 amide bonds. The van der Waals surface area contributed by atoms with Gasteiger partial charge in [0.15, 0.2) is 0 Å². The monoisotopic (exact) mass is 412 g/mol. The Morgan fingerprint density at radius 3 is 1.85 bits per heavy atom. The zero-order valence-corrected chi connectivity index (χ0v) is 17.6. The zero-order valence-electron chi connectivity index (χ0n) is 16.0. The van der Waals surface area contributed by atoms with Crippen molar-refractivity contribution in [2.75, 3.05) is 6.61 Å². The summed E-state index contributed by atoms with van der Waals surface area (Å²) in [6.07, 6.45) is 0. The minimum absolute atomic E-state index is 0.118. The van der Waals surface area contributed by atoms with E-state index >= 15 is 0 Å². The average Bonchev–Trinajstić information content (AvgIpc) is 2.51. The van der Waals surface area contributed by atoms with Crippen molar-refractivity contribution in [3.63, 3.8) is 0 Å². The first-order chi connectivity index (χ1) is 12.2. The topological polar surface area (TPSA) is 97.7 Å². The fourth-order valence-corrected chi connectivity index (χ4v) is 4.96. The first-order valence-corrected chi connectivity index (χ1v) is 11.1. The Bertz CT molecular complexity index is 1030. The minimum atomic E-state index is -4.28. The number of benzene rings is 2. The molecule has 2 rings (SSSR count). The first-order valence-electron chi connectivity index (χ1n) is 8.29. The molecule has 0 radical (unpaired) electrons. The van der Waals surface area contributed by atoms with E-state index in [-0.39, 0.29) is 16.4 Å². The van der Waals surface area contributed by atoms with Crippen LogP contribution in [0.15, 0.2) is 46.2 Å². The smallest absolute Gasteiger partial charge is 0.282 e. The van der Waals surface area contributed by atoms with Crippen molar-refractivity contribution in [1.82, 2.24) is 0 Å². The van der Waals surface area contributed by atoms with Crippen LogP contribution in [0.5, 0.6) is 0 Å². The van der Waals surface area contributed by atoms with E-state index in [4.69, 9.17) is 8.74 Å². The zero-order chi connectivity index (χ0) is 20.6. The van der Waals surface area contributed by atoms with Gasteiger partial charge in [-0.2, -0.15) is 16.8 Å². The van der Waals surface area contributed by atoms with Gasteiger partial charge in [0.1, 0.15) is 0 Å². The molecule has 8 heteroatoms. The number of aryl methyl sites for hydroxylation is 3. The van der Waals surface area contributed by atoms with E-state index in [1.807, 2.05) is 6.92 Å². The quantitative estimate of drug-likeness (QED) is 0.576. The highest BCUT2D eigenvalue weighted by Gasteiger charge is 2.28. The molecular weight excluding hydrogens is 388 g/mol. The fourth-order valence-electron chi connectivity index (χ4n) is 3.01. The van der Waals surface area contributed by atoms with E-state index < -0.39 is 25.7 Å². The lowest BCUT2D eigenvalue weighted by Crippen LogP contribution is -2.27. The second-order valence-electron chi connectivity index (χ2n) is 7.33. The van der Waals surface area contributed by atoms with Crippen LogP contribution in [0.2, 0.25) is 0 Å². The Balaban J connectivity index is 2.26. The predicted molar refractivity (Wildman–Crippen MR) is 103 cm³/mol. The maximum absolute atomic E-state index is 12.7. The molecule has 0 spiro atoms. The van der Waals surface area contributed by atoms with Gasteiger partial charge in [0, 0.05) is 5.41 Å². The molecule has 0 heterocycles. The van der Waals surface area contributed by atoms with Crippen LogP contribution in [0.1, 0.15) is 36.1 Å². The molecule has 0 aliphatic rings. The molecule has 0 aliphatic heterocycles. The maximum Gasteiger partial charge on any atom is 0.297 e. The van der Waals surface area contributed by atoms with Crippen molar-refractivity contribution >= 4 is 20.2 Å². The Morgan fingerprint density at radius 2 is 1.41 bits per heavy atom. The summed E-state index contributed by atoms with van der Waals surface area (Å²) in [4.78, 5) is -0.0490. The largest absolute Gasteiger partial charge is 0.297 e. The van der Waals surface area contributed by atoms with Gasteiger partial charge in [0.05, 0.1) is 16.4 Å². The summed E-state index contributed by atoms with van der Waals surface area (Å²) in [5.41, 5.74) is 2.22. The van der Waals surface area contributed by atoms with Crippen LogP contribution in [-0.4, -0.2) is 28.0 Å². The summed E-state index contributed by atoms with van der Waals surface area (Å²) in [5.74, 6) is 0. The van der Waals surface area contributed by atoms with Gasteiger partial charge in [-0.1, -0.05) is 43.7 Å². The Hall–Kier alpha value is -1.74. The van der Waals surface area contributed by atoms with Gasteiger partial charge in [0.2, 0.25) is 0 Å². The van der Waals surface area contributed by atoms with Gasteiger partial charge >= 0.3 is 0 Å². The van der Waals surface area contributed by atoms with E-state index in [0.717, 1.165) is 5.56 Å². The molecule has 0 bridgehead atoms. The first kappa shape index (κ1) is 21.6. The molecule has 0 saturated carbocycles. The summed E-state index contributed by atoms with van der Waals surface area (Å²) >= 11 is 0. The third-order valence-corrected chi connectivity index (χ3v) is 6.80. The SMILES string of the molecule is Cc1cc(C)c(S(=O)(=O)OCC(C)(C)c2ccc(S(=O)(=O)O)cc2)c(C)c1. The van der Waals surface area contributed by atoms with Gasteiger partial charge in [0.25, 0.3) is 20.2 Å². The molecule has 0 unspecified atom stereocenters. The molecule has 0 atom stereocenters. The number of hydrogen-bond donors (Lipinski definition) is 1. The van der Waals surface area contributed by atoms with E-state index in [2.05, 4.69) is 0 Å². The third-order valence-electron chi connectivity index (χ3n) is 4.36. The predicted octanol–water partition coefficient (Wildman–Crippen LogP) is 3.54. The van der Waals surface area contributed by atoms with Crippen LogP contribution in [0.4, 0.5) is 0 Å². The molecule has 0 saturated heterocycles. The summed E-state index contributed by atoms with van der Waals surface area (Å²) in [6, 6.07) is 9.19. The van der Waals surface area contributed by atoms with Crippen LogP contribution in [0.25, 0.3) is 0 Å². The highest BCUT2D eigenvalue weighted by molar-refractivity contribution is 7.87. The molecule has 6 nitrogen and oxygen atoms in total. The van der Waals surface area contributed by atoms with Crippen molar-refractivity contribution in [2.24, 2.45) is 0 Å². The summed E-state index contributed by atoms with van der Waals surface area (Å²) in [5, 5.41) is 0. The lowest BCUT2D eigenvalue weighted by atomic mass is 9.86. The maximum atomic E-state index is 12.7. The standard InChI is InChI=1S/C19H24O6S2/c1-13-10-14(2)18(15(3)11-13)27(23,24)25-12-19(4,5)16-6-8-17(9-7-16)26(20,21)22/h6-11H,12H2,1-5H3,(H,20,21,22). The fraction of sp³-hybridized carbons (Fsp3) is 0.368. The molecule has 2 aromatic carbocycles. The van der Waals surface area contributed by atoms with E-state index in [9.17, 15) is 16.8 Å². The van der Waals surface area contributed by atoms with E-state index in [1.54, 1.807) is 39.8 Å². The summed E-state index contributed by atoms with van der Waals surface area (Å²) in [6.45, 7) is 8.83. The lowest BCUT2D eigenvalue weighted by molar-refractivity contribution is 0.245. The minimum Gasteiger partial charge on any atom is -0.282 e. The molecule has 148 valence electrons. The highest BCUT2D eigenvalue weighted by Crippen LogP contribution is 2.29. The van der Waals surface area contributed by atoms with Gasteiger partial charge in [-0.05, 0) is 49.6 Å². The summed E-state index contributed by atoms with van der Waals surface area (Å²) < 4.78 is 62.1. The summed E-state index contributed by atoms with van der Waals surface area (Å²) in [7, 11) is -8.22. The van der Waals surface area contributed by atoms with Gasteiger partial charge in [-0.25, -0.2) is 0 Å². The third kappa shape index (κ3) is 4.95. The molecule has 1 N–H and O–H groups in total. The Labute approximate surface area is 161 Å². The van der Waals surface area contributed by atoms with E-state index in [1.165, 1.54) is 24.3 Å². The Kier molecular flexibility index (Phi) is 5.87. The van der Waals surface area contributed by atoms with Crippen molar-refractivity contribution < 1.29 is 25.6 Å². The van der Waals surface area contributed by atoms with Gasteiger partial charge < -0.3 is 0 Å². The van der Waals surface area contributed by atoms with Crippen molar-refractivity contribution in [2.45, 2.75) is 49.8 Å². The van der Waals surface area contributed by atoms with Gasteiger partial charge in [-0.3, -0.25) is 8.74 Å². The molecule has 2 aromatic rings. The van der Waals surface area contributed by atoms with Crippen LogP contribution < -0.4 is 0 Å². The van der Waals surface area contributed by atoms with E-state index in [0.29, 0.717) is 16.7 Å². The molecule has 0 fully saturated rings. The van der Waals surface area contributed by atoms with Crippen molar-refractivity contribution in [3.05, 3.63) is 58.7 Å². The normalized spacial score (nSPS) is 13.0. The van der Waals surface area contributed by atoms with Crippen molar-refractivity contribution in [1.29, 1.82) is 0 Å². The average molecular weight is 413 g/mol. The molecule has 0 aromatic heterocycles. The lowest BCUT2D eigenvalue weighted by Gasteiger charge is -2.25. The number of rotatable bonds is 6. The second kappa shape index (κ2) is 7.35. The second-order valence-corrected chi connectivity index (χ2v) is 10.3. The van der Waals surface area contributed by atoms with Gasteiger partial charge in [-0.15, -0.1) is 0 Å². The van der Waals surface area contributed by atoms with Crippen LogP contribution in [-0.2, 0) is 29.8 Å². The molecular formula is C19H24O6S2. The highest BCUT2D eigenvalue weighted by atomic mass is 32.2. The number of hydrogen-bond acceptors (Lipinski definition) is 5. The van der Waals surface area contributed by atoms with Crippen molar-refractivity contribution in [3.8, 4) is 0 Å². The molecule has 27 heavy (non-hydrogen) atoms. The Morgan fingerprint density at radius 1 is 0.926 bits per heavy atom. The van der Waals surface area contributed by atoms with Crippen LogP contribution in [0, 0.1) is 20.8 Å². The van der Waals surface area contributed by atoms with Crippen LogP contribution >= 0.6 is 0 Å².